The third-order valence-electron chi connectivity index (χ3n) is 3.40. The molecule has 1 N–H and O–H groups in total. The first-order valence-corrected chi connectivity index (χ1v) is 6.91. The van der Waals surface area contributed by atoms with Crippen molar-refractivity contribution in [3.05, 3.63) is 0 Å². The zero-order valence-electron chi connectivity index (χ0n) is 12.0. The molecule has 0 saturated carbocycles. The highest BCUT2D eigenvalue weighted by Crippen LogP contribution is 2.17. The quantitative estimate of drug-likeness (QED) is 0.734. The molecular weight excluding hydrogens is 226 g/mol. The first-order valence-electron chi connectivity index (χ1n) is 6.91. The van der Waals surface area contributed by atoms with Crippen molar-refractivity contribution in [2.45, 2.75) is 51.7 Å². The SMILES string of the molecule is C#CCC(C)(C)OC[C@@H](O)CN1CCC[C@H](C)C1. The highest BCUT2D eigenvalue weighted by atomic mass is 16.5. The van der Waals surface area contributed by atoms with Crippen LogP contribution in [-0.4, -0.2) is 48.0 Å². The van der Waals surface area contributed by atoms with E-state index in [0.717, 1.165) is 19.0 Å². The van der Waals surface area contributed by atoms with Crippen molar-refractivity contribution in [3.63, 3.8) is 0 Å². The summed E-state index contributed by atoms with van der Waals surface area (Å²) in [5, 5.41) is 10.0. The lowest BCUT2D eigenvalue weighted by Gasteiger charge is -2.33. The van der Waals surface area contributed by atoms with Crippen molar-refractivity contribution >= 4 is 0 Å². The minimum Gasteiger partial charge on any atom is -0.389 e. The van der Waals surface area contributed by atoms with Crippen LogP contribution in [0.15, 0.2) is 0 Å². The fraction of sp³-hybridized carbons (Fsp3) is 0.867. The van der Waals surface area contributed by atoms with Crippen LogP contribution in [0, 0.1) is 18.3 Å². The second kappa shape index (κ2) is 7.13. The molecule has 1 aliphatic heterocycles. The van der Waals surface area contributed by atoms with Gasteiger partial charge in [0.15, 0.2) is 0 Å². The zero-order valence-corrected chi connectivity index (χ0v) is 12.0. The average Bonchev–Trinajstić information content (AvgIpc) is 2.26. The van der Waals surface area contributed by atoms with Crippen molar-refractivity contribution in [1.29, 1.82) is 0 Å². The topological polar surface area (TPSA) is 32.7 Å². The van der Waals surface area contributed by atoms with Crippen LogP contribution in [0.25, 0.3) is 0 Å². The molecule has 1 aliphatic rings. The highest BCUT2D eigenvalue weighted by Gasteiger charge is 2.22. The predicted molar refractivity (Wildman–Crippen MR) is 74.3 cm³/mol. The maximum atomic E-state index is 10.0. The first kappa shape index (κ1) is 15.5. The van der Waals surface area contributed by atoms with E-state index in [0.29, 0.717) is 19.6 Å². The van der Waals surface area contributed by atoms with E-state index < -0.39 is 6.10 Å². The molecule has 1 heterocycles. The second-order valence-corrected chi connectivity index (χ2v) is 6.11. The number of aliphatic hydroxyl groups excluding tert-OH is 1. The third kappa shape index (κ3) is 5.86. The first-order chi connectivity index (χ1) is 8.43. The number of aliphatic hydroxyl groups is 1. The van der Waals surface area contributed by atoms with Gasteiger partial charge in [-0.15, -0.1) is 12.3 Å². The summed E-state index contributed by atoms with van der Waals surface area (Å²) >= 11 is 0. The molecule has 0 aromatic heterocycles. The van der Waals surface area contributed by atoms with Crippen LogP contribution < -0.4 is 0 Å². The number of ether oxygens (including phenoxy) is 1. The average molecular weight is 253 g/mol. The van der Waals surface area contributed by atoms with Gasteiger partial charge in [0.05, 0.1) is 18.3 Å². The van der Waals surface area contributed by atoms with Gasteiger partial charge in [-0.1, -0.05) is 6.92 Å². The molecule has 3 nitrogen and oxygen atoms in total. The summed E-state index contributed by atoms with van der Waals surface area (Å²) in [5.74, 6) is 3.34. The minimum absolute atomic E-state index is 0.342. The molecule has 0 aliphatic carbocycles. The second-order valence-electron chi connectivity index (χ2n) is 6.11. The molecule has 1 rings (SSSR count). The molecule has 0 unspecified atom stereocenters. The van der Waals surface area contributed by atoms with Gasteiger partial charge in [0.25, 0.3) is 0 Å². The summed E-state index contributed by atoms with van der Waals surface area (Å²) in [7, 11) is 0. The fourth-order valence-electron chi connectivity index (χ4n) is 2.42. The molecule has 18 heavy (non-hydrogen) atoms. The van der Waals surface area contributed by atoms with E-state index >= 15 is 0 Å². The van der Waals surface area contributed by atoms with Gasteiger partial charge in [0.2, 0.25) is 0 Å². The van der Waals surface area contributed by atoms with Crippen LogP contribution in [0.3, 0.4) is 0 Å². The summed E-state index contributed by atoms with van der Waals surface area (Å²) in [6.07, 6.45) is 7.97. The highest BCUT2D eigenvalue weighted by molar-refractivity contribution is 4.92. The summed E-state index contributed by atoms with van der Waals surface area (Å²) in [6.45, 7) is 9.44. The van der Waals surface area contributed by atoms with Gasteiger partial charge in [-0.2, -0.15) is 0 Å². The van der Waals surface area contributed by atoms with Gasteiger partial charge in [-0.05, 0) is 39.2 Å². The lowest BCUT2D eigenvalue weighted by Crippen LogP contribution is -2.41. The van der Waals surface area contributed by atoms with Crippen molar-refractivity contribution in [1.82, 2.24) is 4.90 Å². The number of rotatable bonds is 6. The van der Waals surface area contributed by atoms with Crippen LogP contribution >= 0.6 is 0 Å². The van der Waals surface area contributed by atoms with E-state index in [9.17, 15) is 5.11 Å². The van der Waals surface area contributed by atoms with Crippen LogP contribution in [-0.2, 0) is 4.74 Å². The van der Waals surface area contributed by atoms with Crippen LogP contribution in [0.5, 0.6) is 0 Å². The largest absolute Gasteiger partial charge is 0.389 e. The number of likely N-dealkylation sites (tertiary alicyclic amines) is 1. The van der Waals surface area contributed by atoms with Gasteiger partial charge < -0.3 is 14.7 Å². The van der Waals surface area contributed by atoms with Gasteiger partial charge >= 0.3 is 0 Å². The predicted octanol–water partition coefficient (Wildman–Crippen LogP) is 1.90. The number of nitrogens with zero attached hydrogens (tertiary/aromatic N) is 1. The normalized spacial score (nSPS) is 23.6. The lowest BCUT2D eigenvalue weighted by molar-refractivity contribution is -0.0648. The summed E-state index contributed by atoms with van der Waals surface area (Å²) in [4.78, 5) is 2.33. The Hall–Kier alpha value is -0.560. The van der Waals surface area contributed by atoms with Gasteiger partial charge in [0, 0.05) is 19.5 Å². The molecule has 0 aromatic rings. The Bertz CT molecular complexity index is 283. The summed E-state index contributed by atoms with van der Waals surface area (Å²) in [5.41, 5.74) is -0.342. The number of hydrogen-bond acceptors (Lipinski definition) is 3. The van der Waals surface area contributed by atoms with Crippen LogP contribution in [0.2, 0.25) is 0 Å². The molecule has 0 spiro atoms. The van der Waals surface area contributed by atoms with Crippen molar-refractivity contribution in [3.8, 4) is 12.3 Å². The maximum absolute atomic E-state index is 10.0. The zero-order chi connectivity index (χ0) is 13.6. The molecule has 1 fully saturated rings. The molecule has 0 radical (unpaired) electrons. The van der Waals surface area contributed by atoms with E-state index in [1.165, 1.54) is 12.8 Å². The molecule has 0 bridgehead atoms. The van der Waals surface area contributed by atoms with Crippen molar-refractivity contribution in [2.75, 3.05) is 26.2 Å². The van der Waals surface area contributed by atoms with E-state index in [1.807, 2.05) is 13.8 Å². The molecule has 104 valence electrons. The molecule has 2 atom stereocenters. The fourth-order valence-corrected chi connectivity index (χ4v) is 2.42. The Morgan fingerprint density at radius 1 is 1.56 bits per heavy atom. The standard InChI is InChI=1S/C15H27NO2/c1-5-8-15(3,4)18-12-14(17)11-16-9-6-7-13(2)10-16/h1,13-14,17H,6-12H2,2-4H3/t13-,14-/m0/s1. The Morgan fingerprint density at radius 3 is 2.89 bits per heavy atom. The molecule has 1 saturated heterocycles. The molecule has 0 aromatic carbocycles. The molecule has 3 heteroatoms. The van der Waals surface area contributed by atoms with Crippen LogP contribution in [0.1, 0.15) is 40.0 Å². The maximum Gasteiger partial charge on any atom is 0.0900 e. The molecular formula is C15H27NO2. The van der Waals surface area contributed by atoms with Crippen molar-refractivity contribution < 1.29 is 9.84 Å². The van der Waals surface area contributed by atoms with Crippen molar-refractivity contribution in [2.24, 2.45) is 5.92 Å². The van der Waals surface area contributed by atoms with E-state index in [2.05, 4.69) is 17.7 Å². The number of piperidine rings is 1. The number of hydrogen-bond donors (Lipinski definition) is 1. The number of terminal acetylenes is 1. The summed E-state index contributed by atoms with van der Waals surface area (Å²) < 4.78 is 5.68. The summed E-state index contributed by atoms with van der Waals surface area (Å²) in [6, 6.07) is 0. The Morgan fingerprint density at radius 2 is 2.28 bits per heavy atom. The Kier molecular flexibility index (Phi) is 6.14. The number of β-amino-alcohol motifs (C(OH)–C–C–N with tert-alkyl or cyclic N) is 1. The molecule has 0 amide bonds. The smallest absolute Gasteiger partial charge is 0.0900 e. The van der Waals surface area contributed by atoms with E-state index in [1.54, 1.807) is 0 Å². The van der Waals surface area contributed by atoms with Gasteiger partial charge in [-0.3, -0.25) is 0 Å². The van der Waals surface area contributed by atoms with E-state index in [-0.39, 0.29) is 5.60 Å². The monoisotopic (exact) mass is 253 g/mol. The minimum atomic E-state index is -0.424. The van der Waals surface area contributed by atoms with Crippen LogP contribution in [0.4, 0.5) is 0 Å². The Labute approximate surface area is 112 Å². The Balaban J connectivity index is 2.25. The third-order valence-corrected chi connectivity index (χ3v) is 3.40. The van der Waals surface area contributed by atoms with E-state index in [4.69, 9.17) is 11.2 Å². The van der Waals surface area contributed by atoms with Gasteiger partial charge in [0.1, 0.15) is 0 Å². The van der Waals surface area contributed by atoms with Gasteiger partial charge in [-0.25, -0.2) is 0 Å². The lowest BCUT2D eigenvalue weighted by atomic mass is 10.00.